The van der Waals surface area contributed by atoms with Crippen molar-refractivity contribution in [2.75, 3.05) is 0 Å². The highest BCUT2D eigenvalue weighted by molar-refractivity contribution is 7.16. The van der Waals surface area contributed by atoms with Crippen molar-refractivity contribution >= 4 is 17.4 Å². The second kappa shape index (κ2) is 35.7. The van der Waals surface area contributed by atoms with E-state index in [-0.39, 0.29) is 7.43 Å². The van der Waals surface area contributed by atoms with Gasteiger partial charge < -0.3 is 9.79 Å². The Labute approximate surface area is 44.8 Å². The Kier molecular flexibility index (Phi) is 80.1. The van der Waals surface area contributed by atoms with Crippen molar-refractivity contribution < 1.29 is 18.9 Å². The van der Waals surface area contributed by atoms with Gasteiger partial charge in [-0.2, -0.15) is 0 Å². The minimum absolute atomic E-state index is 0. The highest BCUT2D eigenvalue weighted by Crippen LogP contribution is 1.66. The molecule has 7 heavy (non-hydrogen) atoms. The largest absolute Gasteiger partial charge is 0.324 e. The molecular weight excluding hydrogens is 138 g/mol. The van der Waals surface area contributed by atoms with Gasteiger partial charge in [-0.05, 0) is 0 Å². The Morgan fingerprint density at radius 1 is 1.00 bits per heavy atom. The molecule has 0 saturated heterocycles. The first kappa shape index (κ1) is 15.7. The van der Waals surface area contributed by atoms with Crippen molar-refractivity contribution in [1.29, 1.82) is 0 Å². The fraction of sp³-hybridized carbons (Fsp3) is 1.00. The summed E-state index contributed by atoms with van der Waals surface area (Å²) in [6.45, 7) is 0. The highest BCUT2D eigenvalue weighted by Gasteiger charge is 1.28. The van der Waals surface area contributed by atoms with Crippen molar-refractivity contribution in [2.24, 2.45) is 0 Å². The van der Waals surface area contributed by atoms with Crippen molar-refractivity contribution in [1.82, 2.24) is 0 Å². The Bertz CT molecular complexity index is 30.7. The number of hydrogen-bond donors (Lipinski definition) is 2. The molecular formula is CH6O4P2. The van der Waals surface area contributed by atoms with E-state index in [1.807, 2.05) is 0 Å². The SMILES string of the molecule is C.O=PO.O=PO. The lowest BCUT2D eigenvalue weighted by Gasteiger charge is -1.24. The lowest BCUT2D eigenvalue weighted by Crippen LogP contribution is -1.03. The third-order valence-corrected chi connectivity index (χ3v) is 0. The standard InChI is InChI=1S/CH4.2HO2P/c;2*1-3-2/h1H4;2*(H,1,2). The van der Waals surface area contributed by atoms with Crippen LogP contribution in [0.3, 0.4) is 0 Å². The molecule has 0 unspecified atom stereocenters. The molecule has 44 valence electrons. The summed E-state index contributed by atoms with van der Waals surface area (Å²) in [6, 6.07) is 0. The van der Waals surface area contributed by atoms with E-state index in [0.29, 0.717) is 0 Å². The smallest absolute Gasteiger partial charge is 0.310 e. The average molecular weight is 144 g/mol. The van der Waals surface area contributed by atoms with E-state index < -0.39 is 17.4 Å². The zero-order valence-electron chi connectivity index (χ0n) is 2.61. The predicted octanol–water partition coefficient (Wildman–Crippen LogP) is 1.01. The number of hydrogen-bond acceptors (Lipinski definition) is 2. The van der Waals surface area contributed by atoms with Gasteiger partial charge in [-0.25, -0.2) is 9.13 Å². The highest BCUT2D eigenvalue weighted by atomic mass is 31.1. The molecule has 4 nitrogen and oxygen atoms in total. The maximum absolute atomic E-state index is 8.46. The molecule has 0 aromatic carbocycles. The van der Waals surface area contributed by atoms with Gasteiger partial charge in [0, 0.05) is 0 Å². The van der Waals surface area contributed by atoms with Crippen LogP contribution in [-0.2, 0) is 9.13 Å². The third kappa shape index (κ3) is 7210. The first-order valence-corrected chi connectivity index (χ1v) is 2.30. The molecule has 0 amide bonds. The molecule has 0 bridgehead atoms. The number of rotatable bonds is 0. The van der Waals surface area contributed by atoms with Gasteiger partial charge in [-0.3, -0.25) is 0 Å². The molecule has 0 saturated carbocycles. The average Bonchev–Trinajstić information content (AvgIpc) is 1.39. The van der Waals surface area contributed by atoms with Crippen LogP contribution in [0.1, 0.15) is 7.43 Å². The van der Waals surface area contributed by atoms with Crippen LogP contribution in [0.25, 0.3) is 0 Å². The lowest BCUT2D eigenvalue weighted by molar-refractivity contribution is 0.523. The topological polar surface area (TPSA) is 74.6 Å². The quantitative estimate of drug-likeness (QED) is 0.497. The first-order chi connectivity index (χ1) is 2.83. The van der Waals surface area contributed by atoms with Crippen LogP contribution in [0.15, 0.2) is 0 Å². The summed E-state index contributed by atoms with van der Waals surface area (Å²) in [5, 5.41) is 0. The van der Waals surface area contributed by atoms with E-state index in [9.17, 15) is 0 Å². The summed E-state index contributed by atoms with van der Waals surface area (Å²) in [4.78, 5) is 14.0. The molecule has 2 N–H and O–H groups in total. The molecule has 0 aliphatic heterocycles. The van der Waals surface area contributed by atoms with E-state index in [0.717, 1.165) is 0 Å². The van der Waals surface area contributed by atoms with Crippen LogP contribution in [0, 0.1) is 0 Å². The van der Waals surface area contributed by atoms with Crippen LogP contribution in [0.2, 0.25) is 0 Å². The van der Waals surface area contributed by atoms with E-state index in [2.05, 4.69) is 0 Å². The second-order valence-electron chi connectivity index (χ2n) is 0.163. The third-order valence-electron chi connectivity index (χ3n) is 0. The summed E-state index contributed by atoms with van der Waals surface area (Å²) >= 11 is 0. The van der Waals surface area contributed by atoms with Crippen molar-refractivity contribution in [3.05, 3.63) is 0 Å². The van der Waals surface area contributed by atoms with Crippen molar-refractivity contribution in [3.8, 4) is 0 Å². The Hall–Kier alpha value is 0.120. The van der Waals surface area contributed by atoms with Crippen molar-refractivity contribution in [2.45, 2.75) is 7.43 Å². The van der Waals surface area contributed by atoms with Gasteiger partial charge in [-0.15, -0.1) is 0 Å². The predicted molar refractivity (Wildman–Crippen MR) is 26.4 cm³/mol. The van der Waals surface area contributed by atoms with E-state index in [1.165, 1.54) is 0 Å². The molecule has 6 heteroatoms. The molecule has 0 fully saturated rings. The fourth-order valence-corrected chi connectivity index (χ4v) is 0. The zero-order chi connectivity index (χ0) is 5.41. The Morgan fingerprint density at radius 2 is 1.00 bits per heavy atom. The summed E-state index contributed by atoms with van der Waals surface area (Å²) in [5.41, 5.74) is 0. The van der Waals surface area contributed by atoms with E-state index >= 15 is 0 Å². The van der Waals surface area contributed by atoms with Gasteiger partial charge in [0.15, 0.2) is 0 Å². The Balaban J connectivity index is -0.0000000400. The normalized spacial score (nSPS) is 6.00. The first-order valence-electron chi connectivity index (χ1n) is 0.765. The maximum atomic E-state index is 8.46. The van der Waals surface area contributed by atoms with Gasteiger partial charge >= 0.3 is 17.4 Å². The van der Waals surface area contributed by atoms with E-state index in [1.54, 1.807) is 0 Å². The van der Waals surface area contributed by atoms with Gasteiger partial charge in [0.25, 0.3) is 0 Å². The van der Waals surface area contributed by atoms with Gasteiger partial charge in [0.05, 0.1) is 0 Å². The van der Waals surface area contributed by atoms with Gasteiger partial charge in [0.1, 0.15) is 0 Å². The summed E-state index contributed by atoms with van der Waals surface area (Å²) in [7, 11) is -1.67. The summed E-state index contributed by atoms with van der Waals surface area (Å²) in [5.74, 6) is 0. The molecule has 0 spiro atoms. The van der Waals surface area contributed by atoms with Crippen LogP contribution >= 0.6 is 17.4 Å². The molecule has 0 aromatic heterocycles. The molecule has 0 heterocycles. The minimum atomic E-state index is -0.833. The molecule has 0 aliphatic rings. The minimum Gasteiger partial charge on any atom is -0.310 e. The summed E-state index contributed by atoms with van der Waals surface area (Å²) in [6.07, 6.45) is 0. The monoisotopic (exact) mass is 144 g/mol. The van der Waals surface area contributed by atoms with Gasteiger partial charge in [0.2, 0.25) is 0 Å². The fourth-order valence-electron chi connectivity index (χ4n) is 0. The Morgan fingerprint density at radius 3 is 1.00 bits per heavy atom. The van der Waals surface area contributed by atoms with Crippen molar-refractivity contribution in [3.63, 3.8) is 0 Å². The van der Waals surface area contributed by atoms with Crippen LogP contribution in [0.4, 0.5) is 0 Å². The lowest BCUT2D eigenvalue weighted by atomic mass is 12.0. The van der Waals surface area contributed by atoms with Crippen LogP contribution in [-0.4, -0.2) is 9.79 Å². The van der Waals surface area contributed by atoms with E-state index in [4.69, 9.17) is 18.9 Å². The molecule has 0 rings (SSSR count). The molecule has 0 atom stereocenters. The zero-order valence-corrected chi connectivity index (χ0v) is 4.39. The maximum Gasteiger partial charge on any atom is 0.324 e. The second-order valence-corrected chi connectivity index (χ2v) is 0.490. The summed E-state index contributed by atoms with van der Waals surface area (Å²) < 4.78 is 16.9. The molecule has 0 aliphatic carbocycles. The molecule has 0 radical (unpaired) electrons. The van der Waals surface area contributed by atoms with Crippen LogP contribution in [0.5, 0.6) is 0 Å². The molecule has 0 aromatic rings. The van der Waals surface area contributed by atoms with Crippen LogP contribution < -0.4 is 0 Å². The van der Waals surface area contributed by atoms with Gasteiger partial charge in [-0.1, -0.05) is 7.43 Å².